The highest BCUT2D eigenvalue weighted by molar-refractivity contribution is 9.10. The van der Waals surface area contributed by atoms with Crippen LogP contribution in [0.1, 0.15) is 11.6 Å². The molecule has 0 saturated heterocycles. The summed E-state index contributed by atoms with van der Waals surface area (Å²) >= 11 is 15.4. The number of anilines is 1. The first-order valence-electron chi connectivity index (χ1n) is 5.77. The van der Waals surface area contributed by atoms with E-state index in [1.165, 1.54) is 0 Å². The molecule has 0 fully saturated rings. The molecule has 0 saturated carbocycles. The number of hydrogen-bond acceptors (Lipinski definition) is 2. The number of benzene rings is 2. The molecule has 0 radical (unpaired) electrons. The van der Waals surface area contributed by atoms with Crippen LogP contribution in [0, 0.1) is 0 Å². The second-order valence-corrected chi connectivity index (χ2v) is 5.81. The standard InChI is InChI=1S/C14H13BrCl2N2/c15-12-5-4-11(7-13(12)17)19-14(8-18)9-2-1-3-10(16)6-9/h1-7,14,19H,8,18H2. The Kier molecular flexibility index (Phi) is 5.11. The summed E-state index contributed by atoms with van der Waals surface area (Å²) in [6.45, 7) is 0.466. The van der Waals surface area contributed by atoms with Gasteiger partial charge >= 0.3 is 0 Å². The maximum absolute atomic E-state index is 6.07. The van der Waals surface area contributed by atoms with E-state index in [2.05, 4.69) is 21.2 Å². The van der Waals surface area contributed by atoms with Crippen LogP contribution in [0.25, 0.3) is 0 Å². The first-order chi connectivity index (χ1) is 9.10. The van der Waals surface area contributed by atoms with Gasteiger partial charge in [-0.1, -0.05) is 35.3 Å². The Morgan fingerprint density at radius 1 is 1.16 bits per heavy atom. The van der Waals surface area contributed by atoms with Crippen LogP contribution in [0.5, 0.6) is 0 Å². The maximum atomic E-state index is 6.07. The summed E-state index contributed by atoms with van der Waals surface area (Å²) in [5, 5.41) is 4.71. The molecule has 1 unspecified atom stereocenters. The molecule has 2 aromatic rings. The van der Waals surface area contributed by atoms with E-state index >= 15 is 0 Å². The third-order valence-corrected chi connectivity index (χ3v) is 4.21. The van der Waals surface area contributed by atoms with Gasteiger partial charge in [0.25, 0.3) is 0 Å². The molecule has 100 valence electrons. The molecule has 19 heavy (non-hydrogen) atoms. The van der Waals surface area contributed by atoms with E-state index in [1.54, 1.807) is 0 Å². The smallest absolute Gasteiger partial charge is 0.0636 e. The van der Waals surface area contributed by atoms with Crippen LogP contribution in [-0.2, 0) is 0 Å². The second-order valence-electron chi connectivity index (χ2n) is 4.12. The number of rotatable bonds is 4. The lowest BCUT2D eigenvalue weighted by Crippen LogP contribution is -2.20. The zero-order valence-electron chi connectivity index (χ0n) is 10.0. The Morgan fingerprint density at radius 3 is 2.58 bits per heavy atom. The topological polar surface area (TPSA) is 38.0 Å². The van der Waals surface area contributed by atoms with Crippen molar-refractivity contribution in [2.24, 2.45) is 5.73 Å². The summed E-state index contributed by atoms with van der Waals surface area (Å²) in [7, 11) is 0. The van der Waals surface area contributed by atoms with Gasteiger partial charge in [-0.3, -0.25) is 0 Å². The Hall–Kier alpha value is -0.740. The Labute approximate surface area is 131 Å². The predicted molar refractivity (Wildman–Crippen MR) is 86.0 cm³/mol. The van der Waals surface area contributed by atoms with Crippen LogP contribution in [0.3, 0.4) is 0 Å². The van der Waals surface area contributed by atoms with Gasteiger partial charge in [-0.25, -0.2) is 0 Å². The molecule has 0 amide bonds. The minimum atomic E-state index is -0.00376. The average molecular weight is 360 g/mol. The van der Waals surface area contributed by atoms with Crippen molar-refractivity contribution in [3.63, 3.8) is 0 Å². The summed E-state index contributed by atoms with van der Waals surface area (Å²) < 4.78 is 0.867. The highest BCUT2D eigenvalue weighted by atomic mass is 79.9. The van der Waals surface area contributed by atoms with Crippen molar-refractivity contribution in [1.82, 2.24) is 0 Å². The SMILES string of the molecule is NCC(Nc1ccc(Br)c(Cl)c1)c1cccc(Cl)c1. The third-order valence-electron chi connectivity index (χ3n) is 2.75. The van der Waals surface area contributed by atoms with E-state index in [0.717, 1.165) is 15.7 Å². The molecule has 0 aliphatic heterocycles. The summed E-state index contributed by atoms with van der Waals surface area (Å²) in [6.07, 6.45) is 0. The zero-order chi connectivity index (χ0) is 13.8. The molecule has 1 atom stereocenters. The minimum Gasteiger partial charge on any atom is -0.377 e. The van der Waals surface area contributed by atoms with Gasteiger partial charge in [0.05, 0.1) is 11.1 Å². The van der Waals surface area contributed by atoms with Gasteiger partial charge in [0.2, 0.25) is 0 Å². The van der Waals surface area contributed by atoms with Gasteiger partial charge in [0.1, 0.15) is 0 Å². The van der Waals surface area contributed by atoms with Crippen molar-refractivity contribution < 1.29 is 0 Å². The molecule has 3 N–H and O–H groups in total. The molecule has 5 heteroatoms. The van der Waals surface area contributed by atoms with Gasteiger partial charge in [0.15, 0.2) is 0 Å². The van der Waals surface area contributed by atoms with Crippen molar-refractivity contribution in [2.75, 3.05) is 11.9 Å². The third kappa shape index (κ3) is 3.86. The molecule has 0 aliphatic carbocycles. The molecular formula is C14H13BrCl2N2. The monoisotopic (exact) mass is 358 g/mol. The molecule has 0 heterocycles. The van der Waals surface area contributed by atoms with Crippen molar-refractivity contribution in [3.8, 4) is 0 Å². The number of nitrogens with one attached hydrogen (secondary N) is 1. The zero-order valence-corrected chi connectivity index (χ0v) is 13.1. The molecular weight excluding hydrogens is 347 g/mol. The Bertz CT molecular complexity index is 575. The van der Waals surface area contributed by atoms with Crippen molar-refractivity contribution in [1.29, 1.82) is 0 Å². The fourth-order valence-electron chi connectivity index (χ4n) is 1.79. The fraction of sp³-hybridized carbons (Fsp3) is 0.143. The largest absolute Gasteiger partial charge is 0.377 e. The van der Waals surface area contributed by atoms with E-state index in [1.807, 2.05) is 42.5 Å². The van der Waals surface area contributed by atoms with Crippen LogP contribution in [-0.4, -0.2) is 6.54 Å². The predicted octanol–water partition coefficient (Wildman–Crippen LogP) is 4.87. The van der Waals surface area contributed by atoms with Crippen molar-refractivity contribution in [3.05, 3.63) is 62.5 Å². The average Bonchev–Trinajstić information content (AvgIpc) is 2.40. The van der Waals surface area contributed by atoms with Crippen LogP contribution in [0.4, 0.5) is 5.69 Å². The van der Waals surface area contributed by atoms with E-state index in [-0.39, 0.29) is 6.04 Å². The summed E-state index contributed by atoms with van der Waals surface area (Å²) in [5.74, 6) is 0. The molecule has 0 aromatic heterocycles. The van der Waals surface area contributed by atoms with Crippen molar-refractivity contribution in [2.45, 2.75) is 6.04 Å². The number of halogens is 3. The Morgan fingerprint density at radius 2 is 1.95 bits per heavy atom. The minimum absolute atomic E-state index is 0.00376. The normalized spacial score (nSPS) is 12.2. The highest BCUT2D eigenvalue weighted by Crippen LogP contribution is 2.28. The molecule has 0 spiro atoms. The summed E-state index contributed by atoms with van der Waals surface area (Å²) in [4.78, 5) is 0. The lowest BCUT2D eigenvalue weighted by molar-refractivity contribution is 0.790. The summed E-state index contributed by atoms with van der Waals surface area (Å²) in [5.41, 5.74) is 7.79. The number of nitrogens with two attached hydrogens (primary N) is 1. The molecule has 2 aromatic carbocycles. The van der Waals surface area contributed by atoms with Crippen molar-refractivity contribution >= 4 is 44.8 Å². The first kappa shape index (κ1) is 14.7. The highest BCUT2D eigenvalue weighted by Gasteiger charge is 2.10. The quantitative estimate of drug-likeness (QED) is 0.817. The van der Waals surface area contributed by atoms with Gasteiger partial charge in [-0.05, 0) is 51.8 Å². The van der Waals surface area contributed by atoms with Gasteiger partial charge in [-0.2, -0.15) is 0 Å². The van der Waals surface area contributed by atoms with Crippen LogP contribution in [0.2, 0.25) is 10.0 Å². The van der Waals surface area contributed by atoms with Crippen LogP contribution in [0.15, 0.2) is 46.9 Å². The molecule has 2 rings (SSSR count). The van der Waals surface area contributed by atoms with E-state index < -0.39 is 0 Å². The van der Waals surface area contributed by atoms with Gasteiger partial charge in [0, 0.05) is 21.7 Å². The Balaban J connectivity index is 2.21. The fourth-order valence-corrected chi connectivity index (χ4v) is 2.41. The van der Waals surface area contributed by atoms with Crippen LogP contribution >= 0.6 is 39.1 Å². The molecule has 0 aliphatic rings. The lowest BCUT2D eigenvalue weighted by Gasteiger charge is -2.19. The van der Waals surface area contributed by atoms with E-state index in [0.29, 0.717) is 16.6 Å². The lowest BCUT2D eigenvalue weighted by atomic mass is 10.1. The van der Waals surface area contributed by atoms with Gasteiger partial charge < -0.3 is 11.1 Å². The maximum Gasteiger partial charge on any atom is 0.0636 e. The van der Waals surface area contributed by atoms with E-state index in [9.17, 15) is 0 Å². The molecule has 2 nitrogen and oxygen atoms in total. The first-order valence-corrected chi connectivity index (χ1v) is 7.32. The van der Waals surface area contributed by atoms with Gasteiger partial charge in [-0.15, -0.1) is 0 Å². The van der Waals surface area contributed by atoms with Crippen LogP contribution < -0.4 is 11.1 Å². The second kappa shape index (κ2) is 6.62. The van der Waals surface area contributed by atoms with E-state index in [4.69, 9.17) is 28.9 Å². The number of hydrogen-bond donors (Lipinski definition) is 2. The molecule has 0 bridgehead atoms. The summed E-state index contributed by atoms with van der Waals surface area (Å²) in [6, 6.07) is 13.4.